The van der Waals surface area contributed by atoms with Gasteiger partial charge in [0.25, 0.3) is 0 Å². The molecule has 1 aromatic rings. The number of nitrogens with one attached hydrogen (secondary N) is 1. The third-order valence-corrected chi connectivity index (χ3v) is 4.20. The van der Waals surface area contributed by atoms with Crippen LogP contribution in [0.3, 0.4) is 0 Å². The third-order valence-electron chi connectivity index (χ3n) is 2.61. The van der Waals surface area contributed by atoms with Gasteiger partial charge < -0.3 is 5.32 Å². The van der Waals surface area contributed by atoms with Crippen molar-refractivity contribution in [3.05, 3.63) is 17.3 Å². The van der Waals surface area contributed by atoms with Gasteiger partial charge in [-0.2, -0.15) is 0 Å². The number of rotatable bonds is 3. The zero-order valence-electron chi connectivity index (χ0n) is 8.86. The van der Waals surface area contributed by atoms with Crippen LogP contribution < -0.4 is 5.32 Å². The highest BCUT2D eigenvalue weighted by atomic mass is 35.5. The number of piperidine rings is 1. The van der Waals surface area contributed by atoms with E-state index in [1.165, 1.54) is 12.8 Å². The SMILES string of the molecule is O=[S@@](C[C@H]1CCCCN1)c1ccc(Cl)nn1. The first kappa shape index (κ1) is 12.0. The fraction of sp³-hybridized carbons (Fsp3) is 0.600. The Morgan fingerprint density at radius 2 is 2.31 bits per heavy atom. The van der Waals surface area contributed by atoms with Crippen LogP contribution in [0.1, 0.15) is 19.3 Å². The van der Waals surface area contributed by atoms with E-state index in [4.69, 9.17) is 11.6 Å². The topological polar surface area (TPSA) is 54.9 Å². The summed E-state index contributed by atoms with van der Waals surface area (Å²) >= 11 is 5.62. The van der Waals surface area contributed by atoms with E-state index in [-0.39, 0.29) is 0 Å². The molecule has 0 unspecified atom stereocenters. The summed E-state index contributed by atoms with van der Waals surface area (Å²) in [6.07, 6.45) is 3.51. The first-order valence-electron chi connectivity index (χ1n) is 5.37. The van der Waals surface area contributed by atoms with Gasteiger partial charge in [-0.05, 0) is 31.5 Å². The number of nitrogens with zero attached hydrogens (tertiary/aromatic N) is 2. The van der Waals surface area contributed by atoms with Gasteiger partial charge in [-0.1, -0.05) is 18.0 Å². The lowest BCUT2D eigenvalue weighted by molar-refractivity contribution is 0.427. The number of aromatic nitrogens is 2. The summed E-state index contributed by atoms with van der Waals surface area (Å²) in [7, 11) is -1.08. The molecule has 4 nitrogen and oxygen atoms in total. The van der Waals surface area contributed by atoms with E-state index >= 15 is 0 Å². The molecule has 2 atom stereocenters. The molecular formula is C10H14ClN3OS. The first-order valence-corrected chi connectivity index (χ1v) is 7.06. The normalized spacial score (nSPS) is 22.9. The Hall–Kier alpha value is -0.520. The van der Waals surface area contributed by atoms with Gasteiger partial charge in [0.05, 0.1) is 10.8 Å². The summed E-state index contributed by atoms with van der Waals surface area (Å²) in [5.41, 5.74) is 0. The van der Waals surface area contributed by atoms with Crippen molar-refractivity contribution in [3.63, 3.8) is 0 Å². The van der Waals surface area contributed by atoms with E-state index in [1.54, 1.807) is 12.1 Å². The zero-order chi connectivity index (χ0) is 11.4. The Morgan fingerprint density at radius 1 is 1.44 bits per heavy atom. The largest absolute Gasteiger partial charge is 0.313 e. The Labute approximate surface area is 102 Å². The van der Waals surface area contributed by atoms with Crippen molar-refractivity contribution in [2.45, 2.75) is 30.3 Å². The second kappa shape index (κ2) is 5.70. The van der Waals surface area contributed by atoms with Gasteiger partial charge in [-0.15, -0.1) is 10.2 Å². The molecule has 16 heavy (non-hydrogen) atoms. The van der Waals surface area contributed by atoms with E-state index in [0.717, 1.165) is 13.0 Å². The van der Waals surface area contributed by atoms with E-state index in [1.807, 2.05) is 0 Å². The maximum absolute atomic E-state index is 11.9. The standard InChI is InChI=1S/C10H14ClN3OS/c11-9-4-5-10(14-13-9)16(15)7-8-3-1-2-6-12-8/h4-5,8,12H,1-3,6-7H2/t8-,16+/m1/s1. The molecule has 1 aliphatic heterocycles. The van der Waals surface area contributed by atoms with Crippen LogP contribution in [0.5, 0.6) is 0 Å². The van der Waals surface area contributed by atoms with Gasteiger partial charge in [0.15, 0.2) is 5.15 Å². The van der Waals surface area contributed by atoms with Crippen molar-refractivity contribution < 1.29 is 4.21 Å². The van der Waals surface area contributed by atoms with Crippen LogP contribution in [0.4, 0.5) is 0 Å². The van der Waals surface area contributed by atoms with Crippen LogP contribution in [0.2, 0.25) is 5.15 Å². The lowest BCUT2D eigenvalue weighted by atomic mass is 10.1. The molecule has 0 radical (unpaired) electrons. The van der Waals surface area contributed by atoms with Gasteiger partial charge >= 0.3 is 0 Å². The van der Waals surface area contributed by atoms with Crippen molar-refractivity contribution in [2.24, 2.45) is 0 Å². The van der Waals surface area contributed by atoms with E-state index in [9.17, 15) is 4.21 Å². The second-order valence-corrected chi connectivity index (χ2v) is 5.68. The molecule has 2 rings (SSSR count). The van der Waals surface area contributed by atoms with E-state index in [2.05, 4.69) is 15.5 Å². The molecule has 0 amide bonds. The van der Waals surface area contributed by atoms with Crippen molar-refractivity contribution >= 4 is 22.4 Å². The minimum atomic E-state index is -1.08. The molecular weight excluding hydrogens is 246 g/mol. The van der Waals surface area contributed by atoms with Gasteiger partial charge in [-0.25, -0.2) is 0 Å². The fourth-order valence-electron chi connectivity index (χ4n) is 1.76. The number of hydrogen-bond donors (Lipinski definition) is 1. The van der Waals surface area contributed by atoms with Crippen molar-refractivity contribution in [3.8, 4) is 0 Å². The minimum Gasteiger partial charge on any atom is -0.313 e. The average molecular weight is 260 g/mol. The monoisotopic (exact) mass is 259 g/mol. The molecule has 0 bridgehead atoms. The molecule has 1 saturated heterocycles. The highest BCUT2D eigenvalue weighted by Crippen LogP contribution is 2.12. The second-order valence-electron chi connectivity index (χ2n) is 3.85. The predicted octanol–water partition coefficient (Wildman–Crippen LogP) is 1.38. The van der Waals surface area contributed by atoms with Crippen LogP contribution in [0.25, 0.3) is 0 Å². The first-order chi connectivity index (χ1) is 7.75. The Balaban J connectivity index is 1.94. The predicted molar refractivity (Wildman–Crippen MR) is 64.0 cm³/mol. The summed E-state index contributed by atoms with van der Waals surface area (Å²) in [4.78, 5) is 0. The zero-order valence-corrected chi connectivity index (χ0v) is 10.4. The van der Waals surface area contributed by atoms with Gasteiger partial charge in [0.2, 0.25) is 0 Å². The molecule has 6 heteroatoms. The van der Waals surface area contributed by atoms with Gasteiger partial charge in [-0.3, -0.25) is 4.21 Å². The molecule has 0 aromatic carbocycles. The highest BCUT2D eigenvalue weighted by Gasteiger charge is 2.17. The lowest BCUT2D eigenvalue weighted by Gasteiger charge is -2.22. The fourth-order valence-corrected chi connectivity index (χ4v) is 3.03. The summed E-state index contributed by atoms with van der Waals surface area (Å²) in [6, 6.07) is 3.64. The summed E-state index contributed by atoms with van der Waals surface area (Å²) < 4.78 is 11.9. The minimum absolute atomic E-state index is 0.330. The smallest absolute Gasteiger partial charge is 0.151 e. The molecule has 1 N–H and O–H groups in total. The molecule has 88 valence electrons. The van der Waals surface area contributed by atoms with Crippen LogP contribution in [0.15, 0.2) is 17.2 Å². The summed E-state index contributed by atoms with van der Waals surface area (Å²) in [5, 5.41) is 11.7. The molecule has 1 fully saturated rings. The maximum Gasteiger partial charge on any atom is 0.151 e. The molecule has 1 aromatic heterocycles. The van der Waals surface area contributed by atoms with Crippen LogP contribution >= 0.6 is 11.6 Å². The van der Waals surface area contributed by atoms with Crippen molar-refractivity contribution in [2.75, 3.05) is 12.3 Å². The quantitative estimate of drug-likeness (QED) is 0.891. The van der Waals surface area contributed by atoms with Crippen molar-refractivity contribution in [1.82, 2.24) is 15.5 Å². The molecule has 0 aliphatic carbocycles. The van der Waals surface area contributed by atoms with E-state index in [0.29, 0.717) is 22.0 Å². The molecule has 0 saturated carbocycles. The van der Waals surface area contributed by atoms with Crippen molar-refractivity contribution in [1.29, 1.82) is 0 Å². The number of halogens is 1. The Bertz CT molecular complexity index is 365. The van der Waals surface area contributed by atoms with E-state index < -0.39 is 10.8 Å². The van der Waals surface area contributed by atoms with Gasteiger partial charge in [0, 0.05) is 11.8 Å². The Morgan fingerprint density at radius 3 is 2.94 bits per heavy atom. The third kappa shape index (κ3) is 3.23. The molecule has 2 heterocycles. The summed E-state index contributed by atoms with van der Waals surface area (Å²) in [6.45, 7) is 1.02. The van der Waals surface area contributed by atoms with Crippen LogP contribution in [-0.4, -0.2) is 32.7 Å². The Kier molecular flexibility index (Phi) is 4.26. The number of hydrogen-bond acceptors (Lipinski definition) is 4. The maximum atomic E-state index is 11.9. The highest BCUT2D eigenvalue weighted by molar-refractivity contribution is 7.85. The molecule has 1 aliphatic rings. The average Bonchev–Trinajstić information content (AvgIpc) is 2.31. The van der Waals surface area contributed by atoms with Crippen LogP contribution in [0, 0.1) is 0 Å². The summed E-state index contributed by atoms with van der Waals surface area (Å²) in [5.74, 6) is 0.607. The lowest BCUT2D eigenvalue weighted by Crippen LogP contribution is -2.38. The molecule has 0 spiro atoms. The van der Waals surface area contributed by atoms with Crippen LogP contribution in [-0.2, 0) is 10.8 Å². The van der Waals surface area contributed by atoms with Gasteiger partial charge in [0.1, 0.15) is 5.03 Å².